The first-order valence-corrected chi connectivity index (χ1v) is 10.3. The predicted octanol–water partition coefficient (Wildman–Crippen LogP) is 7.05. The number of hydrogen-bond donors (Lipinski definition) is 0. The summed E-state index contributed by atoms with van der Waals surface area (Å²) in [6.45, 7) is 6.45. The molecule has 2 aromatic heterocycles. The van der Waals surface area contributed by atoms with Gasteiger partial charge in [0.1, 0.15) is 0 Å². The molecular weight excluding hydrogens is 352 g/mol. The molecule has 1 aliphatic carbocycles. The van der Waals surface area contributed by atoms with E-state index in [2.05, 4.69) is 93.6 Å². The third-order valence-corrected chi connectivity index (χ3v) is 5.84. The number of benzene rings is 2. The summed E-state index contributed by atoms with van der Waals surface area (Å²) in [5.41, 5.74) is 9.15. The lowest BCUT2D eigenvalue weighted by Gasteiger charge is -2.20. The van der Waals surface area contributed by atoms with Crippen LogP contribution in [0.15, 0.2) is 72.8 Å². The van der Waals surface area contributed by atoms with Crippen LogP contribution >= 0.6 is 0 Å². The van der Waals surface area contributed by atoms with Crippen molar-refractivity contribution in [2.75, 3.05) is 0 Å². The molecule has 1 atom stereocenters. The fourth-order valence-corrected chi connectivity index (χ4v) is 4.43. The van der Waals surface area contributed by atoms with Crippen molar-refractivity contribution in [3.63, 3.8) is 0 Å². The zero-order valence-corrected chi connectivity index (χ0v) is 17.1. The van der Waals surface area contributed by atoms with Crippen molar-refractivity contribution in [1.82, 2.24) is 9.97 Å². The van der Waals surface area contributed by atoms with Crippen molar-refractivity contribution in [2.45, 2.75) is 27.2 Å². The minimum absolute atomic E-state index is 0.506. The Hall–Kier alpha value is -3.26. The van der Waals surface area contributed by atoms with Crippen molar-refractivity contribution in [2.24, 2.45) is 5.92 Å². The molecule has 4 aromatic rings. The molecule has 2 aromatic carbocycles. The van der Waals surface area contributed by atoms with Crippen LogP contribution in [0.25, 0.3) is 38.5 Å². The van der Waals surface area contributed by atoms with Crippen LogP contribution in [0.3, 0.4) is 0 Å². The minimum atomic E-state index is 0.506. The zero-order chi connectivity index (χ0) is 20.0. The molecule has 1 aliphatic rings. The molecular formula is C27H24N2. The van der Waals surface area contributed by atoms with E-state index in [-0.39, 0.29) is 0 Å². The molecule has 0 fully saturated rings. The van der Waals surface area contributed by atoms with Gasteiger partial charge in [-0.05, 0) is 60.6 Å². The van der Waals surface area contributed by atoms with Gasteiger partial charge in [-0.3, -0.25) is 9.97 Å². The Balaban J connectivity index is 1.86. The number of aryl methyl sites for hydroxylation is 2. The lowest BCUT2D eigenvalue weighted by molar-refractivity contribution is 0.759. The van der Waals surface area contributed by atoms with Crippen LogP contribution in [-0.2, 0) is 0 Å². The molecule has 0 amide bonds. The number of allylic oxidation sites excluding steroid dienone is 4. The van der Waals surface area contributed by atoms with Crippen LogP contribution in [-0.4, -0.2) is 9.97 Å². The van der Waals surface area contributed by atoms with E-state index in [1.54, 1.807) is 0 Å². The summed E-state index contributed by atoms with van der Waals surface area (Å²) in [7, 11) is 0. The number of pyridine rings is 2. The average molecular weight is 377 g/mol. The van der Waals surface area contributed by atoms with E-state index in [9.17, 15) is 0 Å². The predicted molar refractivity (Wildman–Crippen MR) is 123 cm³/mol. The third-order valence-electron chi connectivity index (χ3n) is 5.84. The number of rotatable bonds is 2. The molecule has 0 N–H and O–H groups in total. The Bertz CT molecular complexity index is 1300. The van der Waals surface area contributed by atoms with Crippen LogP contribution < -0.4 is 0 Å². The maximum absolute atomic E-state index is 4.95. The highest BCUT2D eigenvalue weighted by Crippen LogP contribution is 2.37. The first-order valence-electron chi connectivity index (χ1n) is 10.3. The SMILES string of the molecule is Cc1cc(C2=CC=CCC2C)c2ccc3c(-c4ccccc4)cc(C)nc3c2n1. The van der Waals surface area contributed by atoms with E-state index in [0.717, 1.165) is 34.2 Å². The molecule has 0 aliphatic heterocycles. The van der Waals surface area contributed by atoms with Gasteiger partial charge in [0.25, 0.3) is 0 Å². The Morgan fingerprint density at radius 1 is 0.793 bits per heavy atom. The van der Waals surface area contributed by atoms with Crippen LogP contribution in [0.5, 0.6) is 0 Å². The fraction of sp³-hybridized carbons (Fsp3) is 0.185. The maximum Gasteiger partial charge on any atom is 0.0974 e. The monoisotopic (exact) mass is 376 g/mol. The summed E-state index contributed by atoms with van der Waals surface area (Å²) in [6.07, 6.45) is 7.76. The second-order valence-electron chi connectivity index (χ2n) is 8.03. The summed E-state index contributed by atoms with van der Waals surface area (Å²) in [5.74, 6) is 0.506. The van der Waals surface area contributed by atoms with Gasteiger partial charge in [0.2, 0.25) is 0 Å². The fourth-order valence-electron chi connectivity index (χ4n) is 4.43. The number of aromatic nitrogens is 2. The zero-order valence-electron chi connectivity index (χ0n) is 17.1. The lowest BCUT2D eigenvalue weighted by atomic mass is 9.86. The maximum atomic E-state index is 4.95. The molecule has 142 valence electrons. The average Bonchev–Trinajstić information content (AvgIpc) is 2.73. The number of hydrogen-bond acceptors (Lipinski definition) is 2. The standard InChI is InChI=1S/C27H24N2/c1-17-9-7-8-12-21(17)25-16-19(3)29-27-23(25)14-13-22-24(15-18(2)28-26(22)27)20-10-5-4-6-11-20/h4-8,10-17H,9H2,1-3H3. The summed E-state index contributed by atoms with van der Waals surface area (Å²) in [4.78, 5) is 9.89. The van der Waals surface area contributed by atoms with Gasteiger partial charge in [-0.1, -0.05) is 67.6 Å². The highest BCUT2D eigenvalue weighted by atomic mass is 14.8. The van der Waals surface area contributed by atoms with E-state index in [1.807, 2.05) is 0 Å². The third kappa shape index (κ3) is 3.05. The topological polar surface area (TPSA) is 25.8 Å². The molecule has 2 heteroatoms. The summed E-state index contributed by atoms with van der Waals surface area (Å²) >= 11 is 0. The normalized spacial score (nSPS) is 16.4. The van der Waals surface area contributed by atoms with Gasteiger partial charge < -0.3 is 0 Å². The van der Waals surface area contributed by atoms with Crippen molar-refractivity contribution >= 4 is 27.4 Å². The van der Waals surface area contributed by atoms with Crippen LogP contribution in [0, 0.1) is 19.8 Å². The highest BCUT2D eigenvalue weighted by Gasteiger charge is 2.18. The van der Waals surface area contributed by atoms with Crippen molar-refractivity contribution in [1.29, 1.82) is 0 Å². The Labute approximate surface area is 171 Å². The smallest absolute Gasteiger partial charge is 0.0974 e. The first kappa shape index (κ1) is 17.8. The van der Waals surface area contributed by atoms with Gasteiger partial charge in [-0.15, -0.1) is 0 Å². The van der Waals surface area contributed by atoms with Gasteiger partial charge in [0.05, 0.1) is 11.0 Å². The summed E-state index contributed by atoms with van der Waals surface area (Å²) in [6, 6.07) is 19.4. The Morgan fingerprint density at radius 2 is 1.41 bits per heavy atom. The molecule has 2 heterocycles. The molecule has 29 heavy (non-hydrogen) atoms. The molecule has 1 unspecified atom stereocenters. The highest BCUT2D eigenvalue weighted by molar-refractivity contribution is 6.11. The largest absolute Gasteiger partial charge is 0.251 e. The molecule has 2 nitrogen and oxygen atoms in total. The Morgan fingerprint density at radius 3 is 2.07 bits per heavy atom. The minimum Gasteiger partial charge on any atom is -0.251 e. The molecule has 0 saturated carbocycles. The van der Waals surface area contributed by atoms with E-state index >= 15 is 0 Å². The molecule has 0 spiro atoms. The second kappa shape index (κ2) is 6.97. The van der Waals surface area contributed by atoms with Crippen molar-refractivity contribution in [3.8, 4) is 11.1 Å². The van der Waals surface area contributed by atoms with Gasteiger partial charge in [0.15, 0.2) is 0 Å². The van der Waals surface area contributed by atoms with Crippen molar-refractivity contribution in [3.05, 3.63) is 89.8 Å². The lowest BCUT2D eigenvalue weighted by Crippen LogP contribution is -2.03. The van der Waals surface area contributed by atoms with Gasteiger partial charge in [-0.25, -0.2) is 0 Å². The van der Waals surface area contributed by atoms with Gasteiger partial charge >= 0.3 is 0 Å². The van der Waals surface area contributed by atoms with Crippen molar-refractivity contribution < 1.29 is 0 Å². The summed E-state index contributed by atoms with van der Waals surface area (Å²) in [5, 5.41) is 2.34. The van der Waals surface area contributed by atoms with E-state index in [1.165, 1.54) is 27.6 Å². The first-order chi connectivity index (χ1) is 14.1. The molecule has 0 saturated heterocycles. The Kier molecular flexibility index (Phi) is 4.28. The van der Waals surface area contributed by atoms with Crippen LogP contribution in [0.1, 0.15) is 30.3 Å². The van der Waals surface area contributed by atoms with Gasteiger partial charge in [-0.2, -0.15) is 0 Å². The number of fused-ring (bicyclic) bond motifs is 3. The van der Waals surface area contributed by atoms with E-state index in [4.69, 9.17) is 9.97 Å². The van der Waals surface area contributed by atoms with Crippen LogP contribution in [0.2, 0.25) is 0 Å². The molecule has 0 bridgehead atoms. The summed E-state index contributed by atoms with van der Waals surface area (Å²) < 4.78 is 0. The second-order valence-corrected chi connectivity index (χ2v) is 8.03. The van der Waals surface area contributed by atoms with Gasteiger partial charge in [0, 0.05) is 22.2 Å². The molecule has 0 radical (unpaired) electrons. The number of nitrogens with zero attached hydrogens (tertiary/aromatic N) is 2. The molecule has 5 rings (SSSR count). The van der Waals surface area contributed by atoms with E-state index < -0.39 is 0 Å². The van der Waals surface area contributed by atoms with E-state index in [0.29, 0.717) is 5.92 Å². The van der Waals surface area contributed by atoms with Crippen LogP contribution in [0.4, 0.5) is 0 Å². The quantitative estimate of drug-likeness (QED) is 0.350.